The van der Waals surface area contributed by atoms with Gasteiger partial charge in [0, 0.05) is 18.7 Å². The summed E-state index contributed by atoms with van der Waals surface area (Å²) in [5.41, 5.74) is 2.63. The summed E-state index contributed by atoms with van der Waals surface area (Å²) in [6.07, 6.45) is 7.52. The highest BCUT2D eigenvalue weighted by Gasteiger charge is 2.40. The van der Waals surface area contributed by atoms with Crippen molar-refractivity contribution >= 4 is 11.9 Å². The number of amides is 1. The van der Waals surface area contributed by atoms with Gasteiger partial charge in [-0.2, -0.15) is 0 Å². The molecule has 0 aromatic heterocycles. The van der Waals surface area contributed by atoms with Crippen molar-refractivity contribution in [3.8, 4) is 5.75 Å². The number of aryl methyl sites for hydroxylation is 2. The van der Waals surface area contributed by atoms with Crippen LogP contribution in [0.25, 0.3) is 0 Å². The molecule has 2 fully saturated rings. The summed E-state index contributed by atoms with van der Waals surface area (Å²) >= 11 is 0. The number of likely N-dealkylation sites (tertiary alicyclic amines) is 1. The quantitative estimate of drug-likeness (QED) is 0.906. The van der Waals surface area contributed by atoms with Gasteiger partial charge in [0.2, 0.25) is 0 Å². The summed E-state index contributed by atoms with van der Waals surface area (Å²) in [7, 11) is 0. The van der Waals surface area contributed by atoms with E-state index < -0.39 is 5.97 Å². The van der Waals surface area contributed by atoms with Crippen LogP contribution in [0.5, 0.6) is 5.75 Å². The molecule has 5 nitrogen and oxygen atoms in total. The molecule has 1 N–H and O–H groups in total. The second kappa shape index (κ2) is 7.06. The van der Waals surface area contributed by atoms with E-state index in [4.69, 9.17) is 9.84 Å². The molecular formula is C20H27NO4. The number of aliphatic carboxylic acids is 1. The normalized spacial score (nSPS) is 19.2. The smallest absolute Gasteiger partial charge is 0.341 e. The summed E-state index contributed by atoms with van der Waals surface area (Å²) in [4.78, 5) is 25.6. The van der Waals surface area contributed by atoms with Gasteiger partial charge in [0.15, 0.2) is 6.61 Å². The lowest BCUT2D eigenvalue weighted by Crippen LogP contribution is -2.33. The van der Waals surface area contributed by atoms with Gasteiger partial charge in [0.1, 0.15) is 5.75 Å². The summed E-state index contributed by atoms with van der Waals surface area (Å²) in [6, 6.07) is 3.64. The fraction of sp³-hybridized carbons (Fsp3) is 0.600. The first-order chi connectivity index (χ1) is 11.9. The van der Waals surface area contributed by atoms with Gasteiger partial charge >= 0.3 is 5.97 Å². The molecule has 1 aliphatic heterocycles. The zero-order valence-corrected chi connectivity index (χ0v) is 15.1. The summed E-state index contributed by atoms with van der Waals surface area (Å²) in [6.45, 7) is 5.06. The van der Waals surface area contributed by atoms with Crippen molar-refractivity contribution in [1.82, 2.24) is 4.90 Å². The van der Waals surface area contributed by atoms with Gasteiger partial charge in [-0.3, -0.25) is 4.79 Å². The predicted molar refractivity (Wildman–Crippen MR) is 95.1 cm³/mol. The standard InChI is InChI=1S/C20H27NO4/c1-14-10-16(11-15(2)18(14)25-12-17(22)23)19(24)21-9-8-20(13-21)6-4-3-5-7-20/h10-11H,3-9,12-13H2,1-2H3,(H,22,23). The van der Waals surface area contributed by atoms with Crippen LogP contribution >= 0.6 is 0 Å². The molecule has 1 spiro atoms. The predicted octanol–water partition coefficient (Wildman–Crippen LogP) is 3.56. The average molecular weight is 345 g/mol. The first kappa shape index (κ1) is 17.8. The Morgan fingerprint density at radius 3 is 2.36 bits per heavy atom. The number of carboxylic acids is 1. The monoisotopic (exact) mass is 345 g/mol. The number of carbonyl (C=O) groups excluding carboxylic acids is 1. The number of benzene rings is 1. The van der Waals surface area contributed by atoms with Gasteiger partial charge < -0.3 is 14.7 Å². The lowest BCUT2D eigenvalue weighted by molar-refractivity contribution is -0.139. The fourth-order valence-corrected chi connectivity index (χ4v) is 4.44. The molecule has 0 radical (unpaired) electrons. The van der Waals surface area contributed by atoms with Crippen LogP contribution < -0.4 is 4.74 Å². The Bertz CT molecular complexity index is 653. The Hall–Kier alpha value is -2.04. The first-order valence-electron chi connectivity index (χ1n) is 9.15. The first-order valence-corrected chi connectivity index (χ1v) is 9.15. The Labute approximate surface area is 149 Å². The van der Waals surface area contributed by atoms with Crippen molar-refractivity contribution in [2.45, 2.75) is 52.4 Å². The number of carboxylic acid groups (broad SMARTS) is 1. The largest absolute Gasteiger partial charge is 0.481 e. The topological polar surface area (TPSA) is 66.8 Å². The molecule has 1 aromatic rings. The lowest BCUT2D eigenvalue weighted by Gasteiger charge is -2.33. The van der Waals surface area contributed by atoms with Gasteiger partial charge in [0.05, 0.1) is 0 Å². The molecule has 3 rings (SSSR count). The van der Waals surface area contributed by atoms with Crippen LogP contribution in [0, 0.1) is 19.3 Å². The van der Waals surface area contributed by atoms with E-state index in [1.165, 1.54) is 32.1 Å². The third-order valence-electron chi connectivity index (χ3n) is 5.69. The van der Waals surface area contributed by atoms with E-state index in [1.807, 2.05) is 30.9 Å². The number of hydrogen-bond acceptors (Lipinski definition) is 3. The highest BCUT2D eigenvalue weighted by molar-refractivity contribution is 5.95. The van der Waals surface area contributed by atoms with Gasteiger partial charge in [-0.1, -0.05) is 19.3 Å². The van der Waals surface area contributed by atoms with Crippen molar-refractivity contribution in [3.63, 3.8) is 0 Å². The Balaban J connectivity index is 1.73. The molecule has 1 heterocycles. The third kappa shape index (κ3) is 3.80. The molecule has 1 amide bonds. The van der Waals surface area contributed by atoms with Crippen LogP contribution in [-0.4, -0.2) is 41.6 Å². The zero-order chi connectivity index (χ0) is 18.0. The number of ether oxygens (including phenoxy) is 1. The summed E-state index contributed by atoms with van der Waals surface area (Å²) in [5, 5.41) is 8.78. The second-order valence-electron chi connectivity index (χ2n) is 7.66. The minimum absolute atomic E-state index is 0.0819. The molecular weight excluding hydrogens is 318 g/mol. The van der Waals surface area contributed by atoms with Crippen molar-refractivity contribution in [1.29, 1.82) is 0 Å². The molecule has 1 saturated heterocycles. The molecule has 0 atom stereocenters. The Morgan fingerprint density at radius 1 is 1.12 bits per heavy atom. The van der Waals surface area contributed by atoms with Crippen molar-refractivity contribution < 1.29 is 19.4 Å². The summed E-state index contributed by atoms with van der Waals surface area (Å²) in [5.74, 6) is -0.364. The molecule has 1 saturated carbocycles. The molecule has 1 aliphatic carbocycles. The maximum absolute atomic E-state index is 12.9. The minimum atomic E-state index is -1.01. The Morgan fingerprint density at radius 2 is 1.76 bits per heavy atom. The maximum Gasteiger partial charge on any atom is 0.341 e. The third-order valence-corrected chi connectivity index (χ3v) is 5.69. The number of nitrogens with zero attached hydrogens (tertiary/aromatic N) is 1. The van der Waals surface area contributed by atoms with E-state index in [1.54, 1.807) is 0 Å². The SMILES string of the molecule is Cc1cc(C(=O)N2CCC3(CCCCC3)C2)cc(C)c1OCC(=O)O. The van der Waals surface area contributed by atoms with Crippen LogP contribution in [0.3, 0.4) is 0 Å². The number of rotatable bonds is 4. The molecule has 0 unspecified atom stereocenters. The van der Waals surface area contributed by atoms with Crippen LogP contribution in [0.4, 0.5) is 0 Å². The van der Waals surface area contributed by atoms with E-state index in [2.05, 4.69) is 0 Å². The van der Waals surface area contributed by atoms with Gasteiger partial charge in [0.25, 0.3) is 5.91 Å². The highest BCUT2D eigenvalue weighted by Crippen LogP contribution is 2.44. The van der Waals surface area contributed by atoms with Gasteiger partial charge in [-0.25, -0.2) is 4.79 Å². The highest BCUT2D eigenvalue weighted by atomic mass is 16.5. The molecule has 1 aromatic carbocycles. The zero-order valence-electron chi connectivity index (χ0n) is 15.1. The molecule has 136 valence electrons. The lowest BCUT2D eigenvalue weighted by atomic mass is 9.73. The van der Waals surface area contributed by atoms with Gasteiger partial charge in [-0.15, -0.1) is 0 Å². The van der Waals surface area contributed by atoms with E-state index >= 15 is 0 Å². The molecule has 5 heteroatoms. The number of hydrogen-bond donors (Lipinski definition) is 1. The minimum Gasteiger partial charge on any atom is -0.481 e. The second-order valence-corrected chi connectivity index (χ2v) is 7.66. The van der Waals surface area contributed by atoms with Gasteiger partial charge in [-0.05, 0) is 61.8 Å². The number of carbonyl (C=O) groups is 2. The molecule has 0 bridgehead atoms. The molecule has 25 heavy (non-hydrogen) atoms. The van der Waals surface area contributed by atoms with E-state index in [0.717, 1.165) is 30.6 Å². The van der Waals surface area contributed by atoms with Crippen molar-refractivity contribution in [2.75, 3.05) is 19.7 Å². The van der Waals surface area contributed by atoms with Crippen LogP contribution in [0.2, 0.25) is 0 Å². The fourth-order valence-electron chi connectivity index (χ4n) is 4.44. The summed E-state index contributed by atoms with van der Waals surface area (Å²) < 4.78 is 5.35. The molecule has 2 aliphatic rings. The van der Waals surface area contributed by atoms with Crippen molar-refractivity contribution in [3.05, 3.63) is 28.8 Å². The van der Waals surface area contributed by atoms with Crippen LogP contribution in [0.1, 0.15) is 60.0 Å². The van der Waals surface area contributed by atoms with E-state index in [0.29, 0.717) is 16.7 Å². The van der Waals surface area contributed by atoms with E-state index in [-0.39, 0.29) is 12.5 Å². The maximum atomic E-state index is 12.9. The van der Waals surface area contributed by atoms with E-state index in [9.17, 15) is 9.59 Å². The average Bonchev–Trinajstić information content (AvgIpc) is 2.97. The van der Waals surface area contributed by atoms with Crippen molar-refractivity contribution in [2.24, 2.45) is 5.41 Å². The van der Waals surface area contributed by atoms with Crippen LogP contribution in [0.15, 0.2) is 12.1 Å². The van der Waals surface area contributed by atoms with Crippen LogP contribution in [-0.2, 0) is 4.79 Å². The Kier molecular flexibility index (Phi) is 5.02.